The van der Waals surface area contributed by atoms with E-state index in [1.165, 1.54) is 0 Å². The molecule has 2 fully saturated rings. The monoisotopic (exact) mass is 302 g/mol. The van der Waals surface area contributed by atoms with Crippen molar-refractivity contribution in [2.24, 2.45) is 17.6 Å². The molecule has 1 saturated heterocycles. The average Bonchev–Trinajstić information content (AvgIpc) is 2.90. The van der Waals surface area contributed by atoms with Gasteiger partial charge in [-0.3, -0.25) is 4.79 Å². The Labute approximate surface area is 123 Å². The molecule has 2 aliphatic rings. The number of nitrogens with one attached hydrogen (secondary N) is 1. The molecule has 1 aromatic heterocycles. The molecule has 3 rings (SSSR count). The van der Waals surface area contributed by atoms with Crippen molar-refractivity contribution in [3.05, 3.63) is 22.4 Å². The van der Waals surface area contributed by atoms with Crippen molar-refractivity contribution in [1.82, 2.24) is 5.32 Å². The smallest absolute Gasteiger partial charge is 0.252 e. The molecule has 0 aromatic carbocycles. The summed E-state index contributed by atoms with van der Waals surface area (Å²) in [6.07, 6.45) is 1.96. The first-order valence-electron chi connectivity index (χ1n) is 6.42. The van der Waals surface area contributed by atoms with Gasteiger partial charge in [-0.05, 0) is 30.2 Å². The van der Waals surface area contributed by atoms with Gasteiger partial charge in [0.05, 0.1) is 6.61 Å². The predicted molar refractivity (Wildman–Crippen MR) is 77.8 cm³/mol. The Morgan fingerprint density at radius 1 is 1.47 bits per heavy atom. The first kappa shape index (κ1) is 14.8. The number of ether oxygens (including phenoxy) is 1. The summed E-state index contributed by atoms with van der Waals surface area (Å²) in [7, 11) is 0. The van der Waals surface area contributed by atoms with Gasteiger partial charge in [-0.15, -0.1) is 12.4 Å². The van der Waals surface area contributed by atoms with E-state index in [-0.39, 0.29) is 24.4 Å². The lowest BCUT2D eigenvalue weighted by Gasteiger charge is -2.32. The minimum absolute atomic E-state index is 0. The van der Waals surface area contributed by atoms with Crippen LogP contribution in [0.5, 0.6) is 0 Å². The van der Waals surface area contributed by atoms with E-state index >= 15 is 0 Å². The highest BCUT2D eigenvalue weighted by atomic mass is 35.5. The predicted octanol–water partition coefficient (Wildman–Crippen LogP) is 1.65. The van der Waals surface area contributed by atoms with Crippen LogP contribution in [0.25, 0.3) is 0 Å². The number of thiophene rings is 1. The summed E-state index contributed by atoms with van der Waals surface area (Å²) in [5.41, 5.74) is 6.67. The Kier molecular flexibility index (Phi) is 4.84. The van der Waals surface area contributed by atoms with Gasteiger partial charge in [0.2, 0.25) is 0 Å². The summed E-state index contributed by atoms with van der Waals surface area (Å²) in [5.74, 6) is 0.941. The van der Waals surface area contributed by atoms with Crippen molar-refractivity contribution in [3.8, 4) is 0 Å². The van der Waals surface area contributed by atoms with Crippen molar-refractivity contribution in [3.63, 3.8) is 0 Å². The van der Waals surface area contributed by atoms with E-state index in [1.54, 1.807) is 11.3 Å². The second-order valence-corrected chi connectivity index (χ2v) is 5.96. The van der Waals surface area contributed by atoms with Gasteiger partial charge < -0.3 is 15.8 Å². The minimum atomic E-state index is 0. The minimum Gasteiger partial charge on any atom is -0.381 e. The molecule has 1 aliphatic heterocycles. The largest absolute Gasteiger partial charge is 0.381 e. The van der Waals surface area contributed by atoms with E-state index in [9.17, 15) is 4.79 Å². The van der Waals surface area contributed by atoms with Gasteiger partial charge in [0.25, 0.3) is 5.91 Å². The third-order valence-electron chi connectivity index (χ3n) is 3.94. The van der Waals surface area contributed by atoms with E-state index in [4.69, 9.17) is 10.5 Å². The second kappa shape index (κ2) is 6.22. The zero-order valence-corrected chi connectivity index (χ0v) is 12.2. The van der Waals surface area contributed by atoms with Crippen LogP contribution in [0.15, 0.2) is 16.8 Å². The Balaban J connectivity index is 0.00000133. The van der Waals surface area contributed by atoms with Crippen molar-refractivity contribution in [1.29, 1.82) is 0 Å². The Hall–Kier alpha value is -0.620. The number of hydrogen-bond donors (Lipinski definition) is 2. The molecule has 1 amide bonds. The van der Waals surface area contributed by atoms with Crippen LogP contribution in [0.1, 0.15) is 23.2 Å². The maximum atomic E-state index is 12.1. The van der Waals surface area contributed by atoms with Gasteiger partial charge in [0.1, 0.15) is 0 Å². The molecule has 3 N–H and O–H groups in total. The number of hydrogen-bond acceptors (Lipinski definition) is 4. The molecule has 0 bridgehead atoms. The lowest BCUT2D eigenvalue weighted by atomic mass is 9.90. The molecule has 4 atom stereocenters. The standard InChI is InChI=1S/C13H18N2O2S.ClH/c14-11-5-9(11)10-6-17-3-1-12(10)15-13(16)8-2-4-18-7-8;/h2,4,7,9-12H,1,3,5-6,14H2,(H,15,16);1H. The third-order valence-corrected chi connectivity index (χ3v) is 4.62. The summed E-state index contributed by atoms with van der Waals surface area (Å²) in [6, 6.07) is 2.37. The number of nitrogens with two attached hydrogens (primary N) is 1. The summed E-state index contributed by atoms with van der Waals surface area (Å²) in [6.45, 7) is 1.46. The summed E-state index contributed by atoms with van der Waals surface area (Å²) in [4.78, 5) is 12.1. The van der Waals surface area contributed by atoms with Crippen LogP contribution in [0.4, 0.5) is 0 Å². The first-order chi connectivity index (χ1) is 8.75. The van der Waals surface area contributed by atoms with Crippen molar-refractivity contribution in [2.75, 3.05) is 13.2 Å². The number of amides is 1. The molecule has 6 heteroatoms. The maximum Gasteiger partial charge on any atom is 0.252 e. The zero-order chi connectivity index (χ0) is 12.5. The highest BCUT2D eigenvalue weighted by Gasteiger charge is 2.45. The SMILES string of the molecule is Cl.NC1CC1C1COCCC1NC(=O)c1ccsc1. The van der Waals surface area contributed by atoms with Crippen molar-refractivity contribution in [2.45, 2.75) is 24.9 Å². The van der Waals surface area contributed by atoms with Crippen LogP contribution in [-0.2, 0) is 4.74 Å². The van der Waals surface area contributed by atoms with Gasteiger partial charge >= 0.3 is 0 Å². The lowest BCUT2D eigenvalue weighted by Crippen LogP contribution is -2.47. The van der Waals surface area contributed by atoms with E-state index in [1.807, 2.05) is 16.8 Å². The topological polar surface area (TPSA) is 64.3 Å². The van der Waals surface area contributed by atoms with Crippen molar-refractivity contribution < 1.29 is 9.53 Å². The van der Waals surface area contributed by atoms with Crippen LogP contribution < -0.4 is 11.1 Å². The Bertz CT molecular complexity index is 426. The number of carbonyl (C=O) groups is 1. The summed E-state index contributed by atoms with van der Waals surface area (Å²) >= 11 is 1.54. The molecule has 106 valence electrons. The van der Waals surface area contributed by atoms with E-state index in [2.05, 4.69) is 5.32 Å². The van der Waals surface area contributed by atoms with Gasteiger partial charge in [0, 0.05) is 35.6 Å². The third kappa shape index (κ3) is 3.28. The number of halogens is 1. The molecule has 4 nitrogen and oxygen atoms in total. The first-order valence-corrected chi connectivity index (χ1v) is 7.36. The molecular formula is C13H19ClN2O2S. The summed E-state index contributed by atoms with van der Waals surface area (Å²) < 4.78 is 5.53. The molecule has 1 aromatic rings. The fourth-order valence-corrected chi connectivity index (χ4v) is 3.37. The molecule has 1 saturated carbocycles. The molecule has 1 aliphatic carbocycles. The zero-order valence-electron chi connectivity index (χ0n) is 10.6. The van der Waals surface area contributed by atoms with E-state index in [0.29, 0.717) is 17.9 Å². The van der Waals surface area contributed by atoms with Gasteiger partial charge in [-0.1, -0.05) is 0 Å². The maximum absolute atomic E-state index is 12.1. The Morgan fingerprint density at radius 3 is 2.89 bits per heavy atom. The second-order valence-electron chi connectivity index (χ2n) is 5.18. The fourth-order valence-electron chi connectivity index (χ4n) is 2.73. The molecular weight excluding hydrogens is 284 g/mol. The number of carbonyl (C=O) groups excluding carboxylic acids is 1. The lowest BCUT2D eigenvalue weighted by molar-refractivity contribution is 0.0223. The van der Waals surface area contributed by atoms with Crippen LogP contribution in [0, 0.1) is 11.8 Å². The fraction of sp³-hybridized carbons (Fsp3) is 0.615. The van der Waals surface area contributed by atoms with E-state index in [0.717, 1.165) is 31.6 Å². The Morgan fingerprint density at radius 2 is 2.26 bits per heavy atom. The number of rotatable bonds is 3. The summed E-state index contributed by atoms with van der Waals surface area (Å²) in [5, 5.41) is 6.95. The van der Waals surface area contributed by atoms with Gasteiger partial charge in [0.15, 0.2) is 0 Å². The molecule has 4 unspecified atom stereocenters. The van der Waals surface area contributed by atoms with Gasteiger partial charge in [-0.25, -0.2) is 0 Å². The van der Waals surface area contributed by atoms with Crippen LogP contribution in [0.3, 0.4) is 0 Å². The normalized spacial score (nSPS) is 33.3. The van der Waals surface area contributed by atoms with Crippen LogP contribution in [-0.4, -0.2) is 31.2 Å². The molecule has 2 heterocycles. The quantitative estimate of drug-likeness (QED) is 0.892. The highest BCUT2D eigenvalue weighted by molar-refractivity contribution is 7.08. The molecule has 19 heavy (non-hydrogen) atoms. The highest BCUT2D eigenvalue weighted by Crippen LogP contribution is 2.39. The van der Waals surface area contributed by atoms with Gasteiger partial charge in [-0.2, -0.15) is 11.3 Å². The average molecular weight is 303 g/mol. The molecule has 0 radical (unpaired) electrons. The molecule has 0 spiro atoms. The van der Waals surface area contributed by atoms with Crippen molar-refractivity contribution >= 4 is 29.7 Å². The van der Waals surface area contributed by atoms with Crippen LogP contribution >= 0.6 is 23.7 Å². The van der Waals surface area contributed by atoms with Crippen LogP contribution in [0.2, 0.25) is 0 Å². The van der Waals surface area contributed by atoms with E-state index < -0.39 is 0 Å².